The van der Waals surface area contributed by atoms with Crippen LogP contribution in [0.3, 0.4) is 0 Å². The maximum Gasteiger partial charge on any atom is 0.337 e. The number of fused-ring (bicyclic) bond motifs is 2. The van der Waals surface area contributed by atoms with Gasteiger partial charge in [0.25, 0.3) is 0 Å². The van der Waals surface area contributed by atoms with Crippen molar-refractivity contribution in [3.05, 3.63) is 76.5 Å². The van der Waals surface area contributed by atoms with E-state index in [0.717, 1.165) is 29.7 Å². The smallest absolute Gasteiger partial charge is 0.337 e. The Morgan fingerprint density at radius 2 is 1.90 bits per heavy atom. The van der Waals surface area contributed by atoms with Gasteiger partial charge in [0.15, 0.2) is 11.7 Å². The number of sulfonamides is 1. The molecular weight excluding hydrogens is 544 g/mol. The molecule has 0 spiro atoms. The van der Waals surface area contributed by atoms with Crippen molar-refractivity contribution in [3.8, 4) is 16.9 Å². The highest BCUT2D eigenvalue weighted by Gasteiger charge is 2.33. The van der Waals surface area contributed by atoms with Crippen LogP contribution in [0, 0.1) is 13.8 Å². The fourth-order valence-corrected chi connectivity index (χ4v) is 6.47. The minimum absolute atomic E-state index is 0.277. The number of hydrogen-bond acceptors (Lipinski definition) is 7. The standard InChI is InChI=1S/C31H34N2O7S/c1-18-15-23(33-41(36,37)17-24-22-10-6-7-11-26(22)40-32-24)19(2)28(29(30(34)35)39-31(3,4)5)27(18)21-12-13-25-20(16-21)9-8-14-38-25/h6-7,10-13,15-16,29,33H,8-9,14,17H2,1-5H3,(H,34,35). The van der Waals surface area contributed by atoms with Gasteiger partial charge in [-0.3, -0.25) is 4.72 Å². The SMILES string of the molecule is Cc1cc(NS(=O)(=O)Cc2noc3ccccc23)c(C)c(C(OC(C)(C)C)C(=O)O)c1-c1ccc2c(c1)CCCO2. The van der Waals surface area contributed by atoms with E-state index in [2.05, 4.69) is 9.88 Å². The van der Waals surface area contributed by atoms with Crippen molar-refractivity contribution in [1.29, 1.82) is 0 Å². The van der Waals surface area contributed by atoms with Crippen LogP contribution in [0.15, 0.2) is 53.1 Å². The molecule has 1 aliphatic rings. The lowest BCUT2D eigenvalue weighted by molar-refractivity contribution is -0.160. The third-order valence-corrected chi connectivity index (χ3v) is 8.22. The quantitative estimate of drug-likeness (QED) is 0.249. The average molecular weight is 579 g/mol. The predicted octanol–water partition coefficient (Wildman–Crippen LogP) is 6.32. The molecule has 0 amide bonds. The van der Waals surface area contributed by atoms with Crippen molar-refractivity contribution in [1.82, 2.24) is 5.16 Å². The molecule has 41 heavy (non-hydrogen) atoms. The highest BCUT2D eigenvalue weighted by molar-refractivity contribution is 7.91. The molecule has 0 fully saturated rings. The number of anilines is 1. The molecule has 1 aliphatic heterocycles. The van der Waals surface area contributed by atoms with E-state index in [1.165, 1.54) is 0 Å². The molecule has 4 aromatic rings. The first-order chi connectivity index (χ1) is 19.3. The van der Waals surface area contributed by atoms with Crippen molar-refractivity contribution >= 4 is 32.6 Å². The largest absolute Gasteiger partial charge is 0.493 e. The number of carboxylic acid groups (broad SMARTS) is 1. The first-order valence-electron chi connectivity index (χ1n) is 13.5. The predicted molar refractivity (Wildman–Crippen MR) is 157 cm³/mol. The minimum Gasteiger partial charge on any atom is -0.493 e. The highest BCUT2D eigenvalue weighted by atomic mass is 32.2. The Kier molecular flexibility index (Phi) is 7.56. The molecule has 2 heterocycles. The molecule has 0 bridgehead atoms. The van der Waals surface area contributed by atoms with Gasteiger partial charge in [-0.05, 0) is 106 Å². The van der Waals surface area contributed by atoms with Crippen molar-refractivity contribution in [2.45, 2.75) is 64.9 Å². The summed E-state index contributed by atoms with van der Waals surface area (Å²) in [7, 11) is -3.95. The lowest BCUT2D eigenvalue weighted by atomic mass is 9.86. The van der Waals surface area contributed by atoms with E-state index in [1.807, 2.05) is 25.1 Å². The molecule has 0 saturated heterocycles. The summed E-state index contributed by atoms with van der Waals surface area (Å²) < 4.78 is 46.6. The number of aryl methyl sites for hydroxylation is 2. The Morgan fingerprint density at radius 3 is 2.63 bits per heavy atom. The van der Waals surface area contributed by atoms with Gasteiger partial charge < -0.3 is 19.1 Å². The fourth-order valence-electron chi connectivity index (χ4n) is 5.29. The number of aromatic nitrogens is 1. The van der Waals surface area contributed by atoms with E-state index in [0.29, 0.717) is 39.8 Å². The van der Waals surface area contributed by atoms with Crippen LogP contribution in [0.5, 0.6) is 5.75 Å². The molecule has 216 valence electrons. The monoisotopic (exact) mass is 578 g/mol. The molecule has 2 N–H and O–H groups in total. The molecule has 1 aromatic heterocycles. The second-order valence-electron chi connectivity index (χ2n) is 11.4. The Hall–Kier alpha value is -3.89. The fraction of sp³-hybridized carbons (Fsp3) is 0.355. The summed E-state index contributed by atoms with van der Waals surface area (Å²) in [4.78, 5) is 12.7. The normalized spacial score (nSPS) is 14.4. The third-order valence-electron chi connectivity index (χ3n) is 7.03. The lowest BCUT2D eigenvalue weighted by Crippen LogP contribution is -2.29. The van der Waals surface area contributed by atoms with E-state index < -0.39 is 33.5 Å². The molecule has 5 rings (SSSR count). The Labute approximate surface area is 239 Å². The molecule has 0 saturated carbocycles. The van der Waals surface area contributed by atoms with Crippen LogP contribution in [0.25, 0.3) is 22.1 Å². The lowest BCUT2D eigenvalue weighted by Gasteiger charge is -2.30. The third kappa shape index (κ3) is 6.08. The number of ether oxygens (including phenoxy) is 2. The zero-order valence-electron chi connectivity index (χ0n) is 23.8. The zero-order chi connectivity index (χ0) is 29.5. The van der Waals surface area contributed by atoms with Crippen molar-refractivity contribution in [3.63, 3.8) is 0 Å². The number of nitrogens with one attached hydrogen (secondary N) is 1. The summed E-state index contributed by atoms with van der Waals surface area (Å²) in [6.45, 7) is 9.58. The summed E-state index contributed by atoms with van der Waals surface area (Å²) >= 11 is 0. The average Bonchev–Trinajstić information content (AvgIpc) is 3.30. The Morgan fingerprint density at radius 1 is 1.15 bits per heavy atom. The topological polar surface area (TPSA) is 128 Å². The number of aliphatic carboxylic acids is 1. The van der Waals surface area contributed by atoms with Gasteiger partial charge in [0, 0.05) is 10.9 Å². The van der Waals surface area contributed by atoms with E-state index in [4.69, 9.17) is 14.0 Å². The number of para-hydroxylation sites is 1. The van der Waals surface area contributed by atoms with Gasteiger partial charge in [-0.1, -0.05) is 23.4 Å². The molecule has 1 unspecified atom stereocenters. The minimum atomic E-state index is -3.95. The molecule has 1 atom stereocenters. The molecule has 3 aromatic carbocycles. The van der Waals surface area contributed by atoms with Gasteiger partial charge in [-0.15, -0.1) is 0 Å². The molecule has 9 nitrogen and oxygen atoms in total. The van der Waals surface area contributed by atoms with E-state index in [9.17, 15) is 18.3 Å². The highest BCUT2D eigenvalue weighted by Crippen LogP contribution is 2.42. The number of hydrogen-bond donors (Lipinski definition) is 2. The van der Waals surface area contributed by atoms with Gasteiger partial charge in [0.05, 0.1) is 17.9 Å². The van der Waals surface area contributed by atoms with Gasteiger partial charge in [0.2, 0.25) is 10.0 Å². The molecule has 10 heteroatoms. The van der Waals surface area contributed by atoms with Crippen LogP contribution in [0.4, 0.5) is 5.69 Å². The number of benzene rings is 3. The number of rotatable bonds is 8. The van der Waals surface area contributed by atoms with Gasteiger partial charge in [-0.2, -0.15) is 0 Å². The van der Waals surface area contributed by atoms with Crippen molar-refractivity contribution < 1.29 is 32.3 Å². The Bertz CT molecular complexity index is 1740. The molecule has 0 radical (unpaired) electrons. The van der Waals surface area contributed by atoms with Crippen LogP contribution in [-0.4, -0.2) is 36.9 Å². The maximum atomic E-state index is 13.4. The van der Waals surface area contributed by atoms with Crippen LogP contribution >= 0.6 is 0 Å². The number of carboxylic acids is 1. The summed E-state index contributed by atoms with van der Waals surface area (Å²) in [5.41, 5.74) is 4.40. The van der Waals surface area contributed by atoms with Gasteiger partial charge in [-0.25, -0.2) is 13.2 Å². The van der Waals surface area contributed by atoms with Crippen molar-refractivity contribution in [2.24, 2.45) is 0 Å². The first kappa shape index (κ1) is 28.6. The second kappa shape index (κ2) is 10.8. The zero-order valence-corrected chi connectivity index (χ0v) is 24.6. The van der Waals surface area contributed by atoms with Crippen LogP contribution in [-0.2, 0) is 31.7 Å². The van der Waals surface area contributed by atoms with Gasteiger partial charge in [0.1, 0.15) is 17.2 Å². The number of carbonyl (C=O) groups is 1. The Balaban J connectivity index is 1.62. The van der Waals surface area contributed by atoms with Crippen molar-refractivity contribution in [2.75, 3.05) is 11.3 Å². The van der Waals surface area contributed by atoms with Crippen LogP contribution < -0.4 is 9.46 Å². The second-order valence-corrected chi connectivity index (χ2v) is 13.1. The number of nitrogens with zero attached hydrogens (tertiary/aromatic N) is 1. The summed E-state index contributed by atoms with van der Waals surface area (Å²) in [6.07, 6.45) is 0.402. The molecular formula is C31H34N2O7S. The van der Waals surface area contributed by atoms with E-state index >= 15 is 0 Å². The van der Waals surface area contributed by atoms with Crippen LogP contribution in [0.2, 0.25) is 0 Å². The first-order valence-corrected chi connectivity index (χ1v) is 15.1. The van der Waals surface area contributed by atoms with Gasteiger partial charge >= 0.3 is 5.97 Å². The summed E-state index contributed by atoms with van der Waals surface area (Å²) in [5.74, 6) is -0.758. The van der Waals surface area contributed by atoms with E-state index in [1.54, 1.807) is 58.0 Å². The maximum absolute atomic E-state index is 13.4. The van der Waals surface area contributed by atoms with Crippen LogP contribution in [0.1, 0.15) is 61.2 Å². The van der Waals surface area contributed by atoms with E-state index in [-0.39, 0.29) is 11.4 Å². The summed E-state index contributed by atoms with van der Waals surface area (Å²) in [5, 5.41) is 14.9. The summed E-state index contributed by atoms with van der Waals surface area (Å²) in [6, 6.07) is 14.6. The molecule has 0 aliphatic carbocycles.